The molecular formula is C18H18ClN3O3. The lowest BCUT2D eigenvalue weighted by molar-refractivity contribution is -0.136. The molecule has 0 bridgehead atoms. The molecule has 0 aliphatic carbocycles. The van der Waals surface area contributed by atoms with E-state index in [1.807, 2.05) is 13.0 Å². The second kappa shape index (κ2) is 7.36. The number of anilines is 3. The Bertz CT molecular complexity index is 824. The first-order valence-corrected chi connectivity index (χ1v) is 7.86. The van der Waals surface area contributed by atoms with Crippen LogP contribution in [-0.4, -0.2) is 17.7 Å². The van der Waals surface area contributed by atoms with Crippen LogP contribution >= 0.6 is 11.6 Å². The number of nitrogens with zero attached hydrogens (tertiary/aromatic N) is 1. The SMILES string of the molecule is CC(=O)N(C(=O)C(=O)Nc1c(C)cc(C)cc1Cl)c1ccc(N)cc1. The minimum Gasteiger partial charge on any atom is -0.399 e. The standard InChI is InChI=1S/C18H18ClN3O3/c1-10-8-11(2)16(15(19)9-10)21-17(24)18(25)22(12(3)23)14-6-4-13(20)5-7-14/h4-9H,20H2,1-3H3,(H,21,24). The predicted octanol–water partition coefficient (Wildman–Crippen LogP) is 3.06. The van der Waals surface area contributed by atoms with Crippen LogP contribution in [0.5, 0.6) is 0 Å². The van der Waals surface area contributed by atoms with Crippen LogP contribution in [0.4, 0.5) is 17.1 Å². The van der Waals surface area contributed by atoms with Gasteiger partial charge in [0.25, 0.3) is 0 Å². The molecule has 3 N–H and O–H groups in total. The highest BCUT2D eigenvalue weighted by molar-refractivity contribution is 6.49. The first-order valence-electron chi connectivity index (χ1n) is 7.49. The summed E-state index contributed by atoms with van der Waals surface area (Å²) in [5, 5.41) is 2.80. The van der Waals surface area contributed by atoms with Crippen molar-refractivity contribution < 1.29 is 14.4 Å². The maximum absolute atomic E-state index is 12.5. The van der Waals surface area contributed by atoms with Crippen LogP contribution < -0.4 is 16.0 Å². The van der Waals surface area contributed by atoms with E-state index < -0.39 is 17.7 Å². The molecule has 2 rings (SSSR count). The molecular weight excluding hydrogens is 342 g/mol. The van der Waals surface area contributed by atoms with Gasteiger partial charge in [-0.05, 0) is 55.3 Å². The van der Waals surface area contributed by atoms with Crippen molar-refractivity contribution in [2.75, 3.05) is 16.0 Å². The van der Waals surface area contributed by atoms with E-state index >= 15 is 0 Å². The largest absolute Gasteiger partial charge is 0.399 e. The molecule has 0 aliphatic heterocycles. The van der Waals surface area contributed by atoms with Gasteiger partial charge in [0.2, 0.25) is 5.91 Å². The maximum atomic E-state index is 12.5. The van der Waals surface area contributed by atoms with Crippen LogP contribution in [0.25, 0.3) is 0 Å². The van der Waals surface area contributed by atoms with Gasteiger partial charge in [-0.2, -0.15) is 0 Å². The van der Waals surface area contributed by atoms with Crippen molar-refractivity contribution in [2.24, 2.45) is 0 Å². The van der Waals surface area contributed by atoms with E-state index in [0.717, 1.165) is 10.5 Å². The fraction of sp³-hybridized carbons (Fsp3) is 0.167. The third-order valence-corrected chi connectivity index (χ3v) is 3.83. The Morgan fingerprint density at radius 1 is 1.08 bits per heavy atom. The Balaban J connectivity index is 2.29. The highest BCUT2D eigenvalue weighted by Gasteiger charge is 2.27. The molecule has 0 fully saturated rings. The normalized spacial score (nSPS) is 10.2. The second-order valence-corrected chi connectivity index (χ2v) is 6.05. The van der Waals surface area contributed by atoms with Gasteiger partial charge >= 0.3 is 11.8 Å². The molecule has 0 unspecified atom stereocenters. The molecule has 0 aliphatic rings. The van der Waals surface area contributed by atoms with Gasteiger partial charge in [0.15, 0.2) is 0 Å². The van der Waals surface area contributed by atoms with E-state index in [9.17, 15) is 14.4 Å². The molecule has 0 atom stereocenters. The third kappa shape index (κ3) is 4.16. The Labute approximate surface area is 150 Å². The highest BCUT2D eigenvalue weighted by atomic mass is 35.5. The predicted molar refractivity (Wildman–Crippen MR) is 98.6 cm³/mol. The topological polar surface area (TPSA) is 92.5 Å². The third-order valence-electron chi connectivity index (χ3n) is 3.53. The minimum absolute atomic E-state index is 0.258. The van der Waals surface area contributed by atoms with Crippen molar-refractivity contribution in [1.29, 1.82) is 0 Å². The molecule has 0 saturated heterocycles. The number of carbonyl (C=O) groups is 3. The smallest absolute Gasteiger partial charge is 0.323 e. The summed E-state index contributed by atoms with van der Waals surface area (Å²) in [5.74, 6) is -2.55. The summed E-state index contributed by atoms with van der Waals surface area (Å²) in [7, 11) is 0. The first kappa shape index (κ1) is 18.5. The van der Waals surface area contributed by atoms with E-state index in [1.54, 1.807) is 13.0 Å². The number of halogens is 1. The fourth-order valence-corrected chi connectivity index (χ4v) is 2.78. The van der Waals surface area contributed by atoms with Crippen molar-refractivity contribution >= 4 is 46.4 Å². The number of hydrogen-bond donors (Lipinski definition) is 2. The Hall–Kier alpha value is -2.86. The van der Waals surface area contributed by atoms with Crippen LogP contribution in [0, 0.1) is 13.8 Å². The van der Waals surface area contributed by atoms with Gasteiger partial charge in [-0.25, -0.2) is 4.90 Å². The van der Waals surface area contributed by atoms with Crippen LogP contribution in [0.2, 0.25) is 5.02 Å². The van der Waals surface area contributed by atoms with E-state index in [1.165, 1.54) is 31.2 Å². The summed E-state index contributed by atoms with van der Waals surface area (Å²) in [6.45, 7) is 4.83. The van der Waals surface area contributed by atoms with E-state index in [-0.39, 0.29) is 5.69 Å². The van der Waals surface area contributed by atoms with Crippen molar-refractivity contribution in [3.05, 3.63) is 52.5 Å². The monoisotopic (exact) mass is 359 g/mol. The number of hydrogen-bond acceptors (Lipinski definition) is 4. The number of aryl methyl sites for hydroxylation is 2. The highest BCUT2D eigenvalue weighted by Crippen LogP contribution is 2.27. The molecule has 3 amide bonds. The van der Waals surface area contributed by atoms with Gasteiger partial charge in [-0.1, -0.05) is 17.7 Å². The van der Waals surface area contributed by atoms with Crippen molar-refractivity contribution in [3.8, 4) is 0 Å². The number of imide groups is 1. The van der Waals surface area contributed by atoms with E-state index in [2.05, 4.69) is 5.32 Å². The molecule has 2 aromatic rings. The number of benzene rings is 2. The number of nitrogens with two attached hydrogens (primary N) is 1. The zero-order chi connectivity index (χ0) is 18.7. The van der Waals surface area contributed by atoms with Crippen LogP contribution in [0.15, 0.2) is 36.4 Å². The lowest BCUT2D eigenvalue weighted by Crippen LogP contribution is -2.42. The second-order valence-electron chi connectivity index (χ2n) is 5.64. The lowest BCUT2D eigenvalue weighted by Gasteiger charge is -2.19. The van der Waals surface area contributed by atoms with Crippen molar-refractivity contribution in [3.63, 3.8) is 0 Å². The molecule has 0 saturated carbocycles. The summed E-state index contributed by atoms with van der Waals surface area (Å²) in [5.41, 5.74) is 8.32. The van der Waals surface area contributed by atoms with Crippen LogP contribution in [0.1, 0.15) is 18.1 Å². The fourth-order valence-electron chi connectivity index (χ4n) is 2.41. The zero-order valence-electron chi connectivity index (χ0n) is 14.1. The van der Waals surface area contributed by atoms with Gasteiger partial charge in [0.05, 0.1) is 16.4 Å². The van der Waals surface area contributed by atoms with Crippen molar-refractivity contribution in [1.82, 2.24) is 0 Å². The van der Waals surface area contributed by atoms with Gasteiger partial charge in [0, 0.05) is 12.6 Å². The van der Waals surface area contributed by atoms with Gasteiger partial charge in [0.1, 0.15) is 0 Å². The minimum atomic E-state index is -1.01. The molecule has 0 radical (unpaired) electrons. The van der Waals surface area contributed by atoms with Gasteiger partial charge in [-0.15, -0.1) is 0 Å². The molecule has 6 nitrogen and oxygen atoms in total. The Morgan fingerprint density at radius 2 is 1.68 bits per heavy atom. The Morgan fingerprint density at radius 3 is 2.20 bits per heavy atom. The molecule has 0 heterocycles. The summed E-state index contributed by atoms with van der Waals surface area (Å²) in [4.78, 5) is 37.5. The number of carbonyl (C=O) groups excluding carboxylic acids is 3. The Kier molecular flexibility index (Phi) is 5.44. The average Bonchev–Trinajstić information content (AvgIpc) is 2.52. The quantitative estimate of drug-likeness (QED) is 0.636. The number of nitrogen functional groups attached to an aromatic ring is 1. The summed E-state index contributed by atoms with van der Waals surface area (Å²) in [6, 6.07) is 9.57. The molecule has 7 heteroatoms. The molecule has 2 aromatic carbocycles. The number of rotatable bonds is 2. The zero-order valence-corrected chi connectivity index (χ0v) is 14.8. The lowest BCUT2D eigenvalue weighted by atomic mass is 10.1. The first-order chi connectivity index (χ1) is 11.7. The van der Waals surface area contributed by atoms with Gasteiger partial charge in [-0.3, -0.25) is 14.4 Å². The molecule has 0 spiro atoms. The van der Waals surface area contributed by atoms with E-state index in [0.29, 0.717) is 22.0 Å². The average molecular weight is 360 g/mol. The van der Waals surface area contributed by atoms with Crippen LogP contribution in [0.3, 0.4) is 0 Å². The molecule has 0 aromatic heterocycles. The van der Waals surface area contributed by atoms with Gasteiger partial charge < -0.3 is 11.1 Å². The van der Waals surface area contributed by atoms with Crippen LogP contribution in [-0.2, 0) is 14.4 Å². The summed E-state index contributed by atoms with van der Waals surface area (Å²) < 4.78 is 0. The molecule has 130 valence electrons. The summed E-state index contributed by atoms with van der Waals surface area (Å²) in [6.07, 6.45) is 0. The number of nitrogens with one attached hydrogen (secondary N) is 1. The summed E-state index contributed by atoms with van der Waals surface area (Å²) >= 11 is 6.14. The van der Waals surface area contributed by atoms with E-state index in [4.69, 9.17) is 17.3 Å². The molecule has 25 heavy (non-hydrogen) atoms. The van der Waals surface area contributed by atoms with Crippen molar-refractivity contribution in [2.45, 2.75) is 20.8 Å². The number of amides is 3. The maximum Gasteiger partial charge on any atom is 0.323 e.